The summed E-state index contributed by atoms with van der Waals surface area (Å²) < 4.78 is 60.8. The lowest BCUT2D eigenvalue weighted by molar-refractivity contribution is -0.153. The van der Waals surface area contributed by atoms with Crippen LogP contribution in [-0.2, 0) is 4.74 Å². The Kier molecular flexibility index (Phi) is 5.72. The standard InChI is InChI=1S/C16H18F4N4O2/c17-12-5-10(14-8-21-3-4-25-14)1-2-13(12)24-15-22-6-11(7-23-15)26-9-16(18,19)20/h1-2,6-7,10,14,21H,3-5,8-9H2,(H,22,23,24)/t10?,14-/m1/s1. The molecule has 1 unspecified atom stereocenters. The average molecular weight is 374 g/mol. The number of ether oxygens (including phenoxy) is 2. The second-order valence-corrected chi connectivity index (χ2v) is 5.93. The third-order valence-electron chi connectivity index (χ3n) is 3.93. The molecule has 6 nitrogen and oxygen atoms in total. The molecule has 2 heterocycles. The Balaban J connectivity index is 1.56. The minimum Gasteiger partial charge on any atom is -0.481 e. The molecule has 142 valence electrons. The van der Waals surface area contributed by atoms with Gasteiger partial charge in [0.25, 0.3) is 0 Å². The van der Waals surface area contributed by atoms with Crippen LogP contribution >= 0.6 is 0 Å². The molecule has 1 aliphatic heterocycles. The largest absolute Gasteiger partial charge is 0.481 e. The van der Waals surface area contributed by atoms with Crippen LogP contribution in [-0.4, -0.2) is 48.6 Å². The number of hydrogen-bond acceptors (Lipinski definition) is 6. The summed E-state index contributed by atoms with van der Waals surface area (Å²) in [7, 11) is 0. The Hall–Kier alpha value is -2.20. The number of nitrogens with zero attached hydrogens (tertiary/aromatic N) is 2. The number of nitrogens with one attached hydrogen (secondary N) is 2. The highest BCUT2D eigenvalue weighted by Gasteiger charge is 2.29. The van der Waals surface area contributed by atoms with Gasteiger partial charge in [-0.2, -0.15) is 13.2 Å². The molecule has 3 rings (SSSR count). The van der Waals surface area contributed by atoms with Crippen molar-refractivity contribution in [3.05, 3.63) is 36.1 Å². The number of aromatic nitrogens is 2. The first-order valence-corrected chi connectivity index (χ1v) is 8.08. The Morgan fingerprint density at radius 1 is 1.31 bits per heavy atom. The van der Waals surface area contributed by atoms with Crippen molar-refractivity contribution in [1.82, 2.24) is 15.3 Å². The van der Waals surface area contributed by atoms with Crippen molar-refractivity contribution in [2.75, 3.05) is 31.6 Å². The van der Waals surface area contributed by atoms with Crippen molar-refractivity contribution in [2.45, 2.75) is 18.7 Å². The number of halogens is 4. The Labute approximate surface area is 147 Å². The van der Waals surface area contributed by atoms with Gasteiger partial charge in [-0.1, -0.05) is 6.08 Å². The van der Waals surface area contributed by atoms with E-state index < -0.39 is 12.8 Å². The highest BCUT2D eigenvalue weighted by molar-refractivity contribution is 5.43. The maximum atomic E-state index is 14.4. The molecular formula is C16H18F4N4O2. The van der Waals surface area contributed by atoms with Crippen molar-refractivity contribution in [3.63, 3.8) is 0 Å². The third kappa shape index (κ3) is 5.15. The van der Waals surface area contributed by atoms with Gasteiger partial charge < -0.3 is 20.1 Å². The molecule has 1 aromatic heterocycles. The zero-order chi connectivity index (χ0) is 18.6. The minimum atomic E-state index is -4.44. The highest BCUT2D eigenvalue weighted by atomic mass is 19.4. The van der Waals surface area contributed by atoms with E-state index in [-0.39, 0.29) is 41.7 Å². The summed E-state index contributed by atoms with van der Waals surface area (Å²) in [5.74, 6) is -0.475. The Morgan fingerprint density at radius 3 is 2.69 bits per heavy atom. The Morgan fingerprint density at radius 2 is 2.08 bits per heavy atom. The zero-order valence-corrected chi connectivity index (χ0v) is 13.7. The van der Waals surface area contributed by atoms with Gasteiger partial charge in [0, 0.05) is 25.4 Å². The minimum absolute atomic E-state index is 0.0626. The first kappa shape index (κ1) is 18.6. The van der Waals surface area contributed by atoms with Crippen LogP contribution in [0.1, 0.15) is 6.42 Å². The van der Waals surface area contributed by atoms with Crippen molar-refractivity contribution >= 4 is 5.95 Å². The van der Waals surface area contributed by atoms with Crippen LogP contribution in [0.5, 0.6) is 5.75 Å². The molecule has 2 N–H and O–H groups in total. The fourth-order valence-corrected chi connectivity index (χ4v) is 2.66. The number of allylic oxidation sites excluding steroid dienone is 2. The molecule has 1 fully saturated rings. The summed E-state index contributed by atoms with van der Waals surface area (Å²) in [5.41, 5.74) is 0.217. The predicted octanol–water partition coefficient (Wildman–Crippen LogP) is 2.58. The second kappa shape index (κ2) is 8.00. The summed E-state index contributed by atoms with van der Waals surface area (Å²) in [6.07, 6.45) is 1.33. The summed E-state index contributed by atoms with van der Waals surface area (Å²) >= 11 is 0. The second-order valence-electron chi connectivity index (χ2n) is 5.93. The number of alkyl halides is 3. The lowest BCUT2D eigenvalue weighted by Crippen LogP contribution is -2.42. The predicted molar refractivity (Wildman–Crippen MR) is 85.2 cm³/mol. The van der Waals surface area contributed by atoms with E-state index in [1.807, 2.05) is 6.08 Å². The van der Waals surface area contributed by atoms with E-state index in [9.17, 15) is 17.6 Å². The molecular weight excluding hydrogens is 356 g/mol. The van der Waals surface area contributed by atoms with Crippen LogP contribution in [0.2, 0.25) is 0 Å². The zero-order valence-electron chi connectivity index (χ0n) is 13.7. The molecule has 2 atom stereocenters. The van der Waals surface area contributed by atoms with E-state index in [2.05, 4.69) is 25.3 Å². The van der Waals surface area contributed by atoms with E-state index >= 15 is 0 Å². The van der Waals surface area contributed by atoms with E-state index in [0.29, 0.717) is 13.2 Å². The summed E-state index contributed by atoms with van der Waals surface area (Å²) in [5, 5.41) is 5.92. The van der Waals surface area contributed by atoms with E-state index in [0.717, 1.165) is 18.9 Å². The van der Waals surface area contributed by atoms with Gasteiger partial charge in [-0.05, 0) is 6.08 Å². The van der Waals surface area contributed by atoms with Crippen molar-refractivity contribution in [2.24, 2.45) is 5.92 Å². The van der Waals surface area contributed by atoms with Crippen LogP contribution in [0.4, 0.5) is 23.5 Å². The molecule has 0 bridgehead atoms. The number of morpholine rings is 1. The molecule has 0 aromatic carbocycles. The van der Waals surface area contributed by atoms with Crippen LogP contribution in [0.3, 0.4) is 0 Å². The summed E-state index contributed by atoms with van der Waals surface area (Å²) in [4.78, 5) is 7.67. The maximum Gasteiger partial charge on any atom is 0.422 e. The number of rotatable bonds is 5. The molecule has 2 aliphatic rings. The Bertz CT molecular complexity index is 670. The van der Waals surface area contributed by atoms with Crippen LogP contribution in [0.25, 0.3) is 0 Å². The first-order valence-electron chi connectivity index (χ1n) is 8.08. The van der Waals surface area contributed by atoms with E-state index in [4.69, 9.17) is 4.74 Å². The quantitative estimate of drug-likeness (QED) is 0.773. The summed E-state index contributed by atoms with van der Waals surface area (Å²) in [6.45, 7) is 0.638. The normalized spacial score (nSPS) is 23.8. The smallest absolute Gasteiger partial charge is 0.422 e. The van der Waals surface area contributed by atoms with Gasteiger partial charge in [-0.15, -0.1) is 0 Å². The van der Waals surface area contributed by atoms with Gasteiger partial charge in [-0.25, -0.2) is 14.4 Å². The molecule has 0 saturated carbocycles. The van der Waals surface area contributed by atoms with Crippen LogP contribution in [0.15, 0.2) is 36.1 Å². The first-order chi connectivity index (χ1) is 12.4. The lowest BCUT2D eigenvalue weighted by atomic mass is 9.92. The number of anilines is 1. The van der Waals surface area contributed by atoms with Crippen molar-refractivity contribution in [1.29, 1.82) is 0 Å². The van der Waals surface area contributed by atoms with Gasteiger partial charge in [0.05, 0.1) is 30.8 Å². The SMILES string of the molecule is FC1=C(Nc2ncc(OCC(F)(F)F)cn2)C=CC([C@H]2CNCCO2)C1. The van der Waals surface area contributed by atoms with E-state index in [1.165, 1.54) is 0 Å². The number of hydrogen-bond donors (Lipinski definition) is 2. The van der Waals surface area contributed by atoms with Gasteiger partial charge in [-0.3, -0.25) is 0 Å². The topological polar surface area (TPSA) is 68.3 Å². The molecule has 0 radical (unpaired) electrons. The molecule has 26 heavy (non-hydrogen) atoms. The molecule has 1 saturated heterocycles. The van der Waals surface area contributed by atoms with Crippen molar-refractivity contribution < 1.29 is 27.0 Å². The monoisotopic (exact) mass is 374 g/mol. The van der Waals surface area contributed by atoms with E-state index in [1.54, 1.807) is 6.08 Å². The lowest BCUT2D eigenvalue weighted by Gasteiger charge is -2.30. The molecule has 0 spiro atoms. The molecule has 10 heteroatoms. The third-order valence-corrected chi connectivity index (χ3v) is 3.93. The van der Waals surface area contributed by atoms with Gasteiger partial charge in [0.1, 0.15) is 5.83 Å². The molecule has 1 aromatic rings. The average Bonchev–Trinajstić information content (AvgIpc) is 2.63. The highest BCUT2D eigenvalue weighted by Crippen LogP contribution is 2.29. The maximum absolute atomic E-state index is 14.4. The fraction of sp³-hybridized carbons (Fsp3) is 0.500. The van der Waals surface area contributed by atoms with Gasteiger partial charge in [0.2, 0.25) is 5.95 Å². The molecule has 0 amide bonds. The summed E-state index contributed by atoms with van der Waals surface area (Å²) in [6, 6.07) is 0. The van der Waals surface area contributed by atoms with Crippen molar-refractivity contribution in [3.8, 4) is 5.75 Å². The molecule has 1 aliphatic carbocycles. The van der Waals surface area contributed by atoms with Gasteiger partial charge in [0.15, 0.2) is 12.4 Å². The van der Waals surface area contributed by atoms with Crippen LogP contribution < -0.4 is 15.4 Å². The fourth-order valence-electron chi connectivity index (χ4n) is 2.66. The van der Waals surface area contributed by atoms with Crippen LogP contribution in [0, 0.1) is 5.92 Å². The van der Waals surface area contributed by atoms with Gasteiger partial charge >= 0.3 is 6.18 Å².